The Morgan fingerprint density at radius 2 is 2.04 bits per heavy atom. The molecule has 0 saturated carbocycles. The monoisotopic (exact) mass is 356 g/mol. The van der Waals surface area contributed by atoms with Crippen molar-refractivity contribution < 1.29 is 4.79 Å². The second-order valence-corrected chi connectivity index (χ2v) is 8.20. The molecule has 0 bridgehead atoms. The highest BCUT2D eigenvalue weighted by Gasteiger charge is 2.43. The van der Waals surface area contributed by atoms with Gasteiger partial charge in [-0.2, -0.15) is 0 Å². The molecule has 0 aromatic heterocycles. The number of likely N-dealkylation sites (tertiary alicyclic amines) is 1. The molecule has 0 spiro atoms. The zero-order valence-corrected chi connectivity index (χ0v) is 15.6. The van der Waals surface area contributed by atoms with Gasteiger partial charge in [-0.1, -0.05) is 30.3 Å². The van der Waals surface area contributed by atoms with Crippen molar-refractivity contribution in [1.29, 1.82) is 0 Å². The van der Waals surface area contributed by atoms with Crippen LogP contribution in [0.4, 0.5) is 0 Å². The third-order valence-electron chi connectivity index (χ3n) is 6.40. The zero-order chi connectivity index (χ0) is 17.8. The van der Waals surface area contributed by atoms with Crippen LogP contribution in [0.25, 0.3) is 0 Å². The second kappa shape index (κ2) is 8.51. The number of amides is 1. The molecule has 0 aliphatic carbocycles. The zero-order valence-electron chi connectivity index (χ0n) is 15.6. The van der Waals surface area contributed by atoms with Crippen molar-refractivity contribution in [3.05, 3.63) is 35.9 Å². The van der Waals surface area contributed by atoms with E-state index in [1.165, 1.54) is 24.8 Å². The number of carbonyl (C=O) groups is 1. The smallest absolute Gasteiger partial charge is 0.241 e. The molecule has 4 unspecified atom stereocenters. The predicted octanol–water partition coefficient (Wildman–Crippen LogP) is 1.70. The summed E-state index contributed by atoms with van der Waals surface area (Å²) >= 11 is 0. The van der Waals surface area contributed by atoms with Crippen LogP contribution in [0.3, 0.4) is 0 Å². The number of nitrogens with one attached hydrogen (secondary N) is 3. The molecule has 26 heavy (non-hydrogen) atoms. The van der Waals surface area contributed by atoms with Crippen molar-refractivity contribution in [2.75, 3.05) is 26.2 Å². The van der Waals surface area contributed by atoms with E-state index in [9.17, 15) is 4.79 Å². The average Bonchev–Trinajstić information content (AvgIpc) is 3.13. The van der Waals surface area contributed by atoms with E-state index in [4.69, 9.17) is 0 Å². The summed E-state index contributed by atoms with van der Waals surface area (Å²) in [7, 11) is 0. The fourth-order valence-corrected chi connectivity index (χ4v) is 4.90. The molecule has 3 aliphatic heterocycles. The highest BCUT2D eigenvalue weighted by atomic mass is 16.2. The molecule has 1 aromatic rings. The minimum absolute atomic E-state index is 0.0594. The van der Waals surface area contributed by atoms with Crippen molar-refractivity contribution in [2.45, 2.75) is 50.6 Å². The van der Waals surface area contributed by atoms with Crippen LogP contribution in [-0.2, 0) is 11.2 Å². The Hall–Kier alpha value is -1.43. The molecule has 3 aliphatic rings. The molecule has 4 atom stereocenters. The molecule has 3 heterocycles. The standard InChI is InChI=1S/C21H32N4O/c26-21(20-18-14-22-12-11-19(18)23-24-20)25-13-5-10-17(15-25)9-4-8-16-6-2-1-3-7-16/h1-3,6-7,17-20,22-24H,4-5,8-15H2. The number of carbonyl (C=O) groups excluding carboxylic acids is 1. The van der Waals surface area contributed by atoms with Gasteiger partial charge in [0.2, 0.25) is 5.91 Å². The summed E-state index contributed by atoms with van der Waals surface area (Å²) in [6, 6.07) is 11.1. The number of hydrazine groups is 1. The normalized spacial score (nSPS) is 31.6. The van der Waals surface area contributed by atoms with E-state index in [1.54, 1.807) is 0 Å². The molecule has 142 valence electrons. The summed E-state index contributed by atoms with van der Waals surface area (Å²) < 4.78 is 0. The van der Waals surface area contributed by atoms with Crippen molar-refractivity contribution in [3.8, 4) is 0 Å². The maximum atomic E-state index is 13.1. The molecule has 3 N–H and O–H groups in total. The van der Waals surface area contributed by atoms with Gasteiger partial charge in [-0.05, 0) is 56.6 Å². The van der Waals surface area contributed by atoms with Crippen molar-refractivity contribution >= 4 is 5.91 Å². The van der Waals surface area contributed by atoms with Crippen LogP contribution >= 0.6 is 0 Å². The number of fused-ring (bicyclic) bond motifs is 1. The lowest BCUT2D eigenvalue weighted by Gasteiger charge is -2.36. The van der Waals surface area contributed by atoms with E-state index >= 15 is 0 Å². The minimum atomic E-state index is -0.0594. The fourth-order valence-electron chi connectivity index (χ4n) is 4.90. The summed E-state index contributed by atoms with van der Waals surface area (Å²) in [5.41, 5.74) is 8.07. The SMILES string of the molecule is O=C(C1NNC2CCNCC21)N1CCCC(CCCc2ccccc2)C1. The van der Waals surface area contributed by atoms with Gasteiger partial charge in [0.1, 0.15) is 6.04 Å². The highest BCUT2D eigenvalue weighted by molar-refractivity contribution is 5.82. The average molecular weight is 357 g/mol. The maximum Gasteiger partial charge on any atom is 0.241 e. The minimum Gasteiger partial charge on any atom is -0.341 e. The van der Waals surface area contributed by atoms with E-state index in [1.807, 2.05) is 0 Å². The number of piperidine rings is 2. The third-order valence-corrected chi connectivity index (χ3v) is 6.40. The molecule has 5 heteroatoms. The van der Waals surface area contributed by atoms with Crippen LogP contribution in [0.1, 0.15) is 37.7 Å². The van der Waals surface area contributed by atoms with Gasteiger partial charge in [-0.3, -0.25) is 10.2 Å². The molecule has 3 fully saturated rings. The van der Waals surface area contributed by atoms with Gasteiger partial charge >= 0.3 is 0 Å². The van der Waals surface area contributed by atoms with Crippen LogP contribution in [-0.4, -0.2) is 49.1 Å². The predicted molar refractivity (Wildman–Crippen MR) is 104 cm³/mol. The quantitative estimate of drug-likeness (QED) is 0.752. The van der Waals surface area contributed by atoms with Crippen LogP contribution in [0.2, 0.25) is 0 Å². The molecular weight excluding hydrogens is 324 g/mol. The van der Waals surface area contributed by atoms with E-state index in [2.05, 4.69) is 51.4 Å². The van der Waals surface area contributed by atoms with Crippen LogP contribution in [0, 0.1) is 11.8 Å². The van der Waals surface area contributed by atoms with Crippen molar-refractivity contribution in [2.24, 2.45) is 11.8 Å². The fraction of sp³-hybridized carbons (Fsp3) is 0.667. The Labute approximate surface area is 156 Å². The number of hydrogen-bond acceptors (Lipinski definition) is 4. The van der Waals surface area contributed by atoms with Crippen molar-refractivity contribution in [3.63, 3.8) is 0 Å². The lowest BCUT2D eigenvalue weighted by atomic mass is 9.87. The Morgan fingerprint density at radius 3 is 2.92 bits per heavy atom. The largest absolute Gasteiger partial charge is 0.341 e. The van der Waals surface area contributed by atoms with E-state index < -0.39 is 0 Å². The second-order valence-electron chi connectivity index (χ2n) is 8.20. The van der Waals surface area contributed by atoms with E-state index in [0.717, 1.165) is 45.4 Å². The summed E-state index contributed by atoms with van der Waals surface area (Å²) in [6.07, 6.45) is 7.10. The van der Waals surface area contributed by atoms with Crippen molar-refractivity contribution in [1.82, 2.24) is 21.1 Å². The number of nitrogens with zero attached hydrogens (tertiary/aromatic N) is 1. The summed E-state index contributed by atoms with van der Waals surface area (Å²) in [5, 5.41) is 3.45. The first-order valence-electron chi connectivity index (χ1n) is 10.4. The maximum absolute atomic E-state index is 13.1. The van der Waals surface area contributed by atoms with E-state index in [0.29, 0.717) is 23.8 Å². The molecule has 1 aromatic carbocycles. The van der Waals surface area contributed by atoms with Gasteiger partial charge in [-0.25, -0.2) is 5.43 Å². The van der Waals surface area contributed by atoms with Gasteiger partial charge in [0.25, 0.3) is 0 Å². The van der Waals surface area contributed by atoms with Gasteiger partial charge in [0.05, 0.1) is 0 Å². The van der Waals surface area contributed by atoms with Gasteiger partial charge in [-0.15, -0.1) is 0 Å². The number of aryl methyl sites for hydroxylation is 1. The van der Waals surface area contributed by atoms with E-state index in [-0.39, 0.29) is 6.04 Å². The highest BCUT2D eigenvalue weighted by Crippen LogP contribution is 2.26. The first-order valence-corrected chi connectivity index (χ1v) is 10.4. The Balaban J connectivity index is 1.27. The van der Waals surface area contributed by atoms with Gasteiger partial charge in [0.15, 0.2) is 0 Å². The summed E-state index contributed by atoms with van der Waals surface area (Å²) in [5.74, 6) is 1.35. The van der Waals surface area contributed by atoms with Gasteiger partial charge in [0, 0.05) is 31.6 Å². The Kier molecular flexibility index (Phi) is 5.88. The van der Waals surface area contributed by atoms with Crippen LogP contribution in [0.15, 0.2) is 30.3 Å². The summed E-state index contributed by atoms with van der Waals surface area (Å²) in [6.45, 7) is 3.85. The lowest BCUT2D eigenvalue weighted by Crippen LogP contribution is -2.52. The number of hydrogen-bond donors (Lipinski definition) is 3. The Morgan fingerprint density at radius 1 is 1.15 bits per heavy atom. The topological polar surface area (TPSA) is 56.4 Å². The first kappa shape index (κ1) is 18.0. The Bertz CT molecular complexity index is 593. The van der Waals surface area contributed by atoms with Crippen LogP contribution < -0.4 is 16.2 Å². The number of benzene rings is 1. The molecule has 3 saturated heterocycles. The van der Waals surface area contributed by atoms with Crippen LogP contribution in [0.5, 0.6) is 0 Å². The molecule has 1 amide bonds. The molecule has 4 rings (SSSR count). The third kappa shape index (κ3) is 4.11. The molecule has 0 radical (unpaired) electrons. The summed E-state index contributed by atoms with van der Waals surface area (Å²) in [4.78, 5) is 15.2. The molecular formula is C21H32N4O. The lowest BCUT2D eigenvalue weighted by molar-refractivity contribution is -0.136. The number of rotatable bonds is 5. The first-order chi connectivity index (χ1) is 12.8. The molecule has 5 nitrogen and oxygen atoms in total. The van der Waals surface area contributed by atoms with Gasteiger partial charge < -0.3 is 10.2 Å².